The first kappa shape index (κ1) is 10.1. The number of rotatable bonds is 1. The van der Waals surface area contributed by atoms with Crippen LogP contribution in [0.3, 0.4) is 0 Å². The molecule has 0 atom stereocenters. The lowest BCUT2D eigenvalue weighted by Crippen LogP contribution is -1.99. The van der Waals surface area contributed by atoms with Crippen molar-refractivity contribution in [3.63, 3.8) is 0 Å². The number of aryl methyl sites for hydroxylation is 1. The fraction of sp³-hybridized carbons (Fsp3) is 0.182. The quantitative estimate of drug-likeness (QED) is 0.739. The topological polar surface area (TPSA) is 47.0 Å². The molecule has 4 heteroatoms. The second kappa shape index (κ2) is 3.31. The van der Waals surface area contributed by atoms with Gasteiger partial charge in [0.05, 0.1) is 10.4 Å². The molecule has 0 aliphatic heterocycles. The number of para-hydroxylation sites is 1. The molecule has 0 unspecified atom stereocenters. The van der Waals surface area contributed by atoms with E-state index in [4.69, 9.17) is 0 Å². The van der Waals surface area contributed by atoms with Crippen molar-refractivity contribution in [2.75, 3.05) is 6.26 Å². The smallest absolute Gasteiger partial charge is 0.177 e. The summed E-state index contributed by atoms with van der Waals surface area (Å²) in [6.45, 7) is 1.93. The van der Waals surface area contributed by atoms with Crippen molar-refractivity contribution >= 4 is 20.7 Å². The summed E-state index contributed by atoms with van der Waals surface area (Å²) in [5.74, 6) is 0. The number of hydrogen-bond acceptors (Lipinski definition) is 3. The first-order chi connectivity index (χ1) is 6.98. The Hall–Kier alpha value is -1.42. The lowest BCUT2D eigenvalue weighted by atomic mass is 10.2. The highest BCUT2D eigenvalue weighted by Crippen LogP contribution is 2.21. The van der Waals surface area contributed by atoms with Crippen LogP contribution in [0.1, 0.15) is 5.56 Å². The molecule has 78 valence electrons. The van der Waals surface area contributed by atoms with E-state index in [1.54, 1.807) is 18.3 Å². The highest BCUT2D eigenvalue weighted by Gasteiger charge is 2.11. The maximum absolute atomic E-state index is 11.5. The Morgan fingerprint density at radius 2 is 2.00 bits per heavy atom. The van der Waals surface area contributed by atoms with Crippen molar-refractivity contribution in [2.24, 2.45) is 0 Å². The van der Waals surface area contributed by atoms with Crippen LogP contribution in [0.15, 0.2) is 35.4 Å². The maximum atomic E-state index is 11.5. The molecule has 2 rings (SSSR count). The van der Waals surface area contributed by atoms with Crippen LogP contribution in [0.2, 0.25) is 0 Å². The van der Waals surface area contributed by atoms with Gasteiger partial charge in [-0.1, -0.05) is 12.1 Å². The molecule has 0 N–H and O–H groups in total. The Balaban J connectivity index is 2.89. The van der Waals surface area contributed by atoms with E-state index >= 15 is 0 Å². The number of fused-ring (bicyclic) bond motifs is 1. The molecular formula is C11H11NO2S. The van der Waals surface area contributed by atoms with E-state index in [1.807, 2.05) is 19.1 Å². The third-order valence-electron chi connectivity index (χ3n) is 2.21. The van der Waals surface area contributed by atoms with Gasteiger partial charge < -0.3 is 0 Å². The maximum Gasteiger partial charge on any atom is 0.177 e. The fourth-order valence-corrected chi connectivity index (χ4v) is 2.39. The molecule has 3 nitrogen and oxygen atoms in total. The second-order valence-electron chi connectivity index (χ2n) is 3.61. The first-order valence-corrected chi connectivity index (χ1v) is 6.43. The lowest BCUT2D eigenvalue weighted by molar-refractivity contribution is 0.602. The average molecular weight is 221 g/mol. The van der Waals surface area contributed by atoms with Crippen LogP contribution in [0.4, 0.5) is 0 Å². The SMILES string of the molecule is Cc1cnc2c(S(C)(=O)=O)cccc2c1. The van der Waals surface area contributed by atoms with E-state index in [1.165, 1.54) is 6.26 Å². The molecule has 0 aliphatic rings. The van der Waals surface area contributed by atoms with Gasteiger partial charge in [-0.2, -0.15) is 0 Å². The largest absolute Gasteiger partial charge is 0.255 e. The minimum Gasteiger partial charge on any atom is -0.255 e. The Kier molecular flexibility index (Phi) is 2.23. The summed E-state index contributed by atoms with van der Waals surface area (Å²) in [4.78, 5) is 4.46. The van der Waals surface area contributed by atoms with E-state index in [0.29, 0.717) is 10.4 Å². The molecule has 0 amide bonds. The van der Waals surface area contributed by atoms with Gasteiger partial charge in [0.15, 0.2) is 9.84 Å². The van der Waals surface area contributed by atoms with E-state index < -0.39 is 9.84 Å². The van der Waals surface area contributed by atoms with Crippen LogP contribution in [0, 0.1) is 6.92 Å². The number of benzene rings is 1. The number of pyridine rings is 1. The van der Waals surface area contributed by atoms with Crippen LogP contribution in [0.25, 0.3) is 10.9 Å². The van der Waals surface area contributed by atoms with Gasteiger partial charge in [0.1, 0.15) is 0 Å². The third-order valence-corrected chi connectivity index (χ3v) is 3.34. The molecule has 0 radical (unpaired) electrons. The van der Waals surface area contributed by atoms with Gasteiger partial charge in [-0.3, -0.25) is 4.98 Å². The van der Waals surface area contributed by atoms with Gasteiger partial charge in [0.2, 0.25) is 0 Å². The predicted molar refractivity (Wildman–Crippen MR) is 59.6 cm³/mol. The minimum absolute atomic E-state index is 0.292. The standard InChI is InChI=1S/C11H11NO2S/c1-8-6-9-4-3-5-10(15(2,13)14)11(9)12-7-8/h3-7H,1-2H3. The van der Waals surface area contributed by atoms with E-state index in [2.05, 4.69) is 4.98 Å². The number of sulfone groups is 1. The van der Waals surface area contributed by atoms with Crippen molar-refractivity contribution < 1.29 is 8.42 Å². The van der Waals surface area contributed by atoms with Crippen LogP contribution < -0.4 is 0 Å². The average Bonchev–Trinajstić information content (AvgIpc) is 2.15. The molecule has 0 spiro atoms. The molecular weight excluding hydrogens is 210 g/mol. The molecule has 0 bridgehead atoms. The number of aromatic nitrogens is 1. The predicted octanol–water partition coefficient (Wildman–Crippen LogP) is 1.95. The summed E-state index contributed by atoms with van der Waals surface area (Å²) < 4.78 is 23.0. The van der Waals surface area contributed by atoms with Gasteiger partial charge in [-0.05, 0) is 24.6 Å². The molecule has 1 heterocycles. The molecule has 1 aromatic heterocycles. The van der Waals surface area contributed by atoms with Crippen molar-refractivity contribution in [3.05, 3.63) is 36.0 Å². The van der Waals surface area contributed by atoms with E-state index in [9.17, 15) is 8.42 Å². The van der Waals surface area contributed by atoms with Gasteiger partial charge in [-0.25, -0.2) is 8.42 Å². The zero-order valence-corrected chi connectivity index (χ0v) is 9.38. The molecule has 0 fully saturated rings. The Morgan fingerprint density at radius 1 is 1.27 bits per heavy atom. The zero-order chi connectivity index (χ0) is 11.1. The van der Waals surface area contributed by atoms with Gasteiger partial charge in [0.25, 0.3) is 0 Å². The van der Waals surface area contributed by atoms with Gasteiger partial charge in [-0.15, -0.1) is 0 Å². The monoisotopic (exact) mass is 221 g/mol. The summed E-state index contributed by atoms with van der Waals surface area (Å²) in [7, 11) is -3.20. The van der Waals surface area contributed by atoms with Crippen LogP contribution in [0.5, 0.6) is 0 Å². The highest BCUT2D eigenvalue weighted by molar-refractivity contribution is 7.91. The van der Waals surface area contributed by atoms with E-state index in [0.717, 1.165) is 10.9 Å². The highest BCUT2D eigenvalue weighted by atomic mass is 32.2. The van der Waals surface area contributed by atoms with Crippen molar-refractivity contribution in [1.82, 2.24) is 4.98 Å². The molecule has 15 heavy (non-hydrogen) atoms. The van der Waals surface area contributed by atoms with Crippen LogP contribution in [-0.4, -0.2) is 19.7 Å². The number of hydrogen-bond donors (Lipinski definition) is 0. The summed E-state index contributed by atoms with van der Waals surface area (Å²) in [5.41, 5.74) is 1.57. The van der Waals surface area contributed by atoms with Crippen molar-refractivity contribution in [3.8, 4) is 0 Å². The zero-order valence-electron chi connectivity index (χ0n) is 8.56. The number of nitrogens with zero attached hydrogens (tertiary/aromatic N) is 1. The van der Waals surface area contributed by atoms with E-state index in [-0.39, 0.29) is 0 Å². The summed E-state index contributed by atoms with van der Waals surface area (Å²) in [5, 5.41) is 0.859. The minimum atomic E-state index is -3.20. The Morgan fingerprint density at radius 3 is 2.67 bits per heavy atom. The first-order valence-electron chi connectivity index (χ1n) is 4.54. The normalized spacial score (nSPS) is 11.9. The molecule has 0 saturated carbocycles. The molecule has 0 aliphatic carbocycles. The van der Waals surface area contributed by atoms with Crippen LogP contribution >= 0.6 is 0 Å². The van der Waals surface area contributed by atoms with Gasteiger partial charge >= 0.3 is 0 Å². The summed E-state index contributed by atoms with van der Waals surface area (Å²) in [6.07, 6.45) is 2.88. The van der Waals surface area contributed by atoms with Crippen molar-refractivity contribution in [2.45, 2.75) is 11.8 Å². The second-order valence-corrected chi connectivity index (χ2v) is 5.60. The summed E-state index contributed by atoms with van der Waals surface area (Å²) in [6, 6.07) is 7.11. The fourth-order valence-electron chi connectivity index (χ4n) is 1.54. The molecule has 1 aromatic carbocycles. The Bertz CT molecular complexity index is 618. The third kappa shape index (κ3) is 1.85. The molecule has 0 saturated heterocycles. The van der Waals surface area contributed by atoms with Crippen molar-refractivity contribution in [1.29, 1.82) is 0 Å². The lowest BCUT2D eigenvalue weighted by Gasteiger charge is -2.03. The Labute approximate surface area is 88.7 Å². The summed E-state index contributed by atoms with van der Waals surface area (Å²) >= 11 is 0. The van der Waals surface area contributed by atoms with Gasteiger partial charge in [0, 0.05) is 17.8 Å². The van der Waals surface area contributed by atoms with Crippen LogP contribution in [-0.2, 0) is 9.84 Å². The molecule has 2 aromatic rings.